The van der Waals surface area contributed by atoms with Gasteiger partial charge in [0, 0.05) is 9.79 Å². The molecule has 0 N–H and O–H groups in total. The number of unbranched alkanes of at least 4 members (excludes halogenated alkanes) is 4. The molecule has 6 heteroatoms. The Morgan fingerprint density at radius 1 is 0.647 bits per heavy atom. The molecule has 0 radical (unpaired) electrons. The first-order chi connectivity index (χ1) is 14.6. The molecule has 2 rings (SSSR count). The van der Waals surface area contributed by atoms with Crippen LogP contribution in [-0.4, -0.2) is 103 Å². The van der Waals surface area contributed by atoms with Crippen LogP contribution in [0.4, 0.5) is 0 Å². The zero-order chi connectivity index (χ0) is 23.1. The van der Waals surface area contributed by atoms with Gasteiger partial charge in [0.2, 0.25) is 0 Å². The maximum atomic E-state index is 12.6. The molecule has 0 aliphatic carbocycles. The van der Waals surface area contributed by atoms with E-state index in [4.69, 9.17) is 0 Å². The van der Waals surface area contributed by atoms with E-state index in [2.05, 4.69) is 41.5 Å². The van der Waals surface area contributed by atoms with Gasteiger partial charge in [0.05, 0.1) is 0 Å². The Labute approximate surface area is 308 Å². The Balaban J connectivity index is 0. The second kappa shape index (κ2) is 18.4. The molecule has 0 saturated heterocycles. The van der Waals surface area contributed by atoms with Crippen molar-refractivity contribution < 1.29 is 26.7 Å². The molecule has 2 aromatic carbocycles. The second-order valence-corrected chi connectivity index (χ2v) is 11.2. The third kappa shape index (κ3) is 11.9. The molecule has 0 saturated carbocycles. The summed E-state index contributed by atoms with van der Waals surface area (Å²) in [4.78, 5) is 1.30. The van der Waals surface area contributed by atoms with E-state index >= 15 is 0 Å². The van der Waals surface area contributed by atoms with Gasteiger partial charge in [-0.3, -0.25) is 0 Å². The van der Waals surface area contributed by atoms with Gasteiger partial charge >= 0.3 is 119 Å². The fourth-order valence-electron chi connectivity index (χ4n) is 4.06. The first-order valence-electron chi connectivity index (χ1n) is 11.9. The summed E-state index contributed by atoms with van der Waals surface area (Å²) in [5, 5.41) is 25.2. The predicted octanol–water partition coefficient (Wildman–Crippen LogP) is 6.40. The summed E-state index contributed by atoms with van der Waals surface area (Å²) < 4.78 is 0. The summed E-state index contributed by atoms with van der Waals surface area (Å²) in [6, 6.07) is 11.3. The number of hydrogen-bond donors (Lipinski definition) is 0. The summed E-state index contributed by atoms with van der Waals surface area (Å²) in [5.74, 6) is -0.0183. The minimum atomic E-state index is -0.00915. The van der Waals surface area contributed by atoms with E-state index in [1.54, 1.807) is 12.1 Å². The molecule has 0 atom stereocenters. The molecule has 0 aromatic heterocycles. The fourth-order valence-corrected chi connectivity index (χ4v) is 5.00. The van der Waals surface area contributed by atoms with Crippen molar-refractivity contribution >= 4 is 115 Å². The molecule has 34 heavy (non-hydrogen) atoms. The van der Waals surface area contributed by atoms with Crippen molar-refractivity contribution in [2.24, 2.45) is 0 Å². The van der Waals surface area contributed by atoms with Crippen LogP contribution >= 0.6 is 11.8 Å². The molecule has 2 aromatic rings. The van der Waals surface area contributed by atoms with E-state index in [9.17, 15) is 10.2 Å². The third-order valence-electron chi connectivity index (χ3n) is 6.48. The van der Waals surface area contributed by atoms with Gasteiger partial charge in [0.15, 0.2) is 0 Å². The van der Waals surface area contributed by atoms with Crippen molar-refractivity contribution in [1.29, 1.82) is 0 Å². The quantitative estimate of drug-likeness (QED) is 0.216. The van der Waals surface area contributed by atoms with Gasteiger partial charge in [0.25, 0.3) is 0 Å². The first-order valence-corrected chi connectivity index (χ1v) is 12.7. The molecule has 2 nitrogen and oxygen atoms in total. The van der Waals surface area contributed by atoms with Gasteiger partial charge in [-0.05, 0) is 46.9 Å². The Morgan fingerprint density at radius 3 is 1.32 bits per heavy atom. The summed E-state index contributed by atoms with van der Waals surface area (Å²) in [5.41, 5.74) is 2.38. The first kappa shape index (κ1) is 38.3. The van der Waals surface area contributed by atoms with E-state index in [1.807, 2.05) is 24.3 Å². The molecule has 0 heterocycles. The molecule has 0 aliphatic rings. The van der Waals surface area contributed by atoms with Crippen molar-refractivity contribution in [2.45, 2.75) is 114 Å². The van der Waals surface area contributed by atoms with Gasteiger partial charge in [0.1, 0.15) is 0 Å². The van der Waals surface area contributed by atoms with Crippen molar-refractivity contribution in [3.05, 3.63) is 47.5 Å². The number of hydrogen-bond acceptors (Lipinski definition) is 3. The van der Waals surface area contributed by atoms with Gasteiger partial charge in [-0.15, -0.1) is 0 Å². The maximum Gasteiger partial charge on any atom is 2.00 e. The van der Waals surface area contributed by atoms with E-state index in [0.717, 1.165) is 12.8 Å². The number of rotatable bonds is 12. The van der Waals surface area contributed by atoms with E-state index < -0.39 is 0 Å². The van der Waals surface area contributed by atoms with Gasteiger partial charge in [-0.1, -0.05) is 128 Å². The third-order valence-corrected chi connectivity index (χ3v) is 7.56. The van der Waals surface area contributed by atoms with Crippen LogP contribution in [0.25, 0.3) is 0 Å². The fraction of sp³-hybridized carbons (Fsp3) is 0.571. The molecule has 184 valence electrons. The maximum absolute atomic E-state index is 12.6. The largest absolute Gasteiger partial charge is 2.00 e. The minimum absolute atomic E-state index is 0. The smallest absolute Gasteiger partial charge is 2.00 e. The van der Waals surface area contributed by atoms with Crippen molar-refractivity contribution in [1.82, 2.24) is 0 Å². The minimum Gasteiger partial charge on any atom is 2.00 e. The predicted molar refractivity (Wildman–Crippen MR) is 145 cm³/mol. The molecular weight excluding hydrogens is 537 g/mol. The van der Waals surface area contributed by atoms with Gasteiger partial charge < -0.3 is 10.2 Å². The van der Waals surface area contributed by atoms with Crippen LogP contribution in [0.5, 0.6) is 11.5 Å². The van der Waals surface area contributed by atoms with Crippen molar-refractivity contribution in [3.8, 4) is 11.5 Å². The average Bonchev–Trinajstić information content (AvgIpc) is 2.71. The molecule has 0 spiro atoms. The average molecular weight is 580 g/mol. The molecule has 0 fully saturated rings. The summed E-state index contributed by atoms with van der Waals surface area (Å²) in [6.45, 7) is 13.4. The van der Waals surface area contributed by atoms with Gasteiger partial charge in [-0.25, -0.2) is 0 Å². The Bertz CT molecular complexity index is 787. The van der Waals surface area contributed by atoms with Crippen molar-refractivity contribution in [2.75, 3.05) is 0 Å². The van der Waals surface area contributed by atoms with Crippen LogP contribution < -0.4 is 10.2 Å². The van der Waals surface area contributed by atoms with E-state index in [0.29, 0.717) is 9.79 Å². The van der Waals surface area contributed by atoms with Crippen molar-refractivity contribution in [3.63, 3.8) is 0 Å². The number of benzene rings is 2. The van der Waals surface area contributed by atoms with Crippen LogP contribution in [0.3, 0.4) is 0 Å². The molecule has 0 unspecified atom stereocenters. The zero-order valence-corrected chi connectivity index (χ0v) is 22.5. The normalized spacial score (nSPS) is 11.2. The van der Waals surface area contributed by atoms with Crippen LogP contribution in [-0.2, 0) is 27.3 Å². The van der Waals surface area contributed by atoms with Crippen LogP contribution in [0, 0.1) is 0 Å². The zero-order valence-electron chi connectivity index (χ0n) is 20.7. The van der Waals surface area contributed by atoms with Crippen LogP contribution in [0.1, 0.15) is 104 Å². The molecule has 0 bridgehead atoms. The summed E-state index contributed by atoms with van der Waals surface area (Å²) >= 11 is 1.33. The van der Waals surface area contributed by atoms with Crippen LogP contribution in [0.2, 0.25) is 0 Å². The van der Waals surface area contributed by atoms with E-state index in [-0.39, 0.29) is 142 Å². The molecule has 0 amide bonds. The standard InChI is InChI=1S/C28H42O2S.2K.Ni.2H/c1-7-9-11-17-27(3,4)21-13-15-23(29)25(19-21)31-26-20-22(14-16-24(26)30)28(5,6)18-12-10-8-2;;;;;/h13-16,19-20,29-30H,7-12,17-18H2,1-6H3;;;;;/q;;;+2;;/p-2. The Kier molecular flexibility index (Phi) is 20.8. The summed E-state index contributed by atoms with van der Waals surface area (Å²) in [7, 11) is 0. The van der Waals surface area contributed by atoms with E-state index in [1.165, 1.54) is 61.4 Å². The monoisotopic (exact) mass is 578 g/mol. The van der Waals surface area contributed by atoms with Gasteiger partial charge in [-0.2, -0.15) is 0 Å². The van der Waals surface area contributed by atoms with Crippen LogP contribution in [0.15, 0.2) is 46.2 Å². The Hall–Kier alpha value is 2.16. The second-order valence-electron chi connectivity index (χ2n) is 10.1. The molecular formula is C28H42K2NiO2S. The topological polar surface area (TPSA) is 46.1 Å². The summed E-state index contributed by atoms with van der Waals surface area (Å²) in [6.07, 6.45) is 9.42. The molecule has 0 aliphatic heterocycles. The SMILES string of the molecule is CCCCCC(C)(C)c1ccc([O-])c(Sc2cc(C(C)(C)CCCCC)ccc2[O-])c1.[KH].[KH].[Ni+2]. The Morgan fingerprint density at radius 2 is 1.00 bits per heavy atom.